The maximum absolute atomic E-state index is 12.5. The van der Waals surface area contributed by atoms with Gasteiger partial charge in [-0.2, -0.15) is 0 Å². The van der Waals surface area contributed by atoms with Crippen molar-refractivity contribution in [3.05, 3.63) is 54.1 Å². The molecule has 0 saturated carbocycles. The molecule has 0 spiro atoms. The molecule has 1 atom stereocenters. The van der Waals surface area contributed by atoms with Crippen LogP contribution in [0.15, 0.2) is 48.5 Å². The van der Waals surface area contributed by atoms with Gasteiger partial charge in [0, 0.05) is 18.2 Å². The van der Waals surface area contributed by atoms with Gasteiger partial charge in [-0.15, -0.1) is 0 Å². The normalized spacial score (nSPS) is 11.8. The topological polar surface area (TPSA) is 47.6 Å². The predicted molar refractivity (Wildman–Crippen MR) is 91.9 cm³/mol. The van der Waals surface area contributed by atoms with E-state index in [1.54, 1.807) is 20.3 Å². The van der Waals surface area contributed by atoms with Crippen LogP contribution >= 0.6 is 0 Å². The molecule has 0 fully saturated rings. The minimum atomic E-state index is -0.103. The fourth-order valence-electron chi connectivity index (χ4n) is 2.42. The van der Waals surface area contributed by atoms with Gasteiger partial charge in [0.1, 0.15) is 5.75 Å². The van der Waals surface area contributed by atoms with Crippen LogP contribution in [0.3, 0.4) is 0 Å². The lowest BCUT2D eigenvalue weighted by molar-refractivity contribution is 0.0894. The van der Waals surface area contributed by atoms with E-state index < -0.39 is 0 Å². The number of rotatable bonds is 7. The Hall–Kier alpha value is -2.33. The Bertz CT molecular complexity index is 640. The second-order valence-electron chi connectivity index (χ2n) is 5.32. The predicted octanol–water partition coefficient (Wildman–Crippen LogP) is 3.52. The van der Waals surface area contributed by atoms with E-state index in [-0.39, 0.29) is 11.9 Å². The average Bonchev–Trinajstić information content (AvgIpc) is 2.61. The van der Waals surface area contributed by atoms with Gasteiger partial charge in [-0.25, -0.2) is 0 Å². The maximum Gasteiger partial charge on any atom is 0.251 e. The zero-order valence-electron chi connectivity index (χ0n) is 13.8. The molecule has 0 saturated heterocycles. The molecule has 0 heterocycles. The van der Waals surface area contributed by atoms with Crippen LogP contribution in [0.2, 0.25) is 0 Å². The Morgan fingerprint density at radius 2 is 1.87 bits per heavy atom. The average molecular weight is 313 g/mol. The highest BCUT2D eigenvalue weighted by molar-refractivity contribution is 5.96. The Morgan fingerprint density at radius 1 is 1.13 bits per heavy atom. The van der Waals surface area contributed by atoms with Gasteiger partial charge in [0.15, 0.2) is 0 Å². The van der Waals surface area contributed by atoms with Gasteiger partial charge in [0.25, 0.3) is 5.91 Å². The maximum atomic E-state index is 12.5. The molecule has 0 aliphatic carbocycles. The third kappa shape index (κ3) is 4.33. The largest absolute Gasteiger partial charge is 0.496 e. The van der Waals surface area contributed by atoms with Gasteiger partial charge in [0.05, 0.1) is 19.8 Å². The molecule has 0 aliphatic heterocycles. The molecular weight excluding hydrogens is 290 g/mol. The third-order valence-corrected chi connectivity index (χ3v) is 3.74. The standard InChI is InChI=1S/C19H23NO3/c1-4-16(13-22-2)20-19(21)15-10-11-18(23-3)17(12-15)14-8-6-5-7-9-14/h5-12,16H,4,13H2,1-3H3,(H,20,21). The molecule has 2 rings (SSSR count). The van der Waals surface area contributed by atoms with E-state index in [0.717, 1.165) is 23.3 Å². The lowest BCUT2D eigenvalue weighted by Crippen LogP contribution is -2.37. The number of amides is 1. The molecule has 0 bridgehead atoms. The number of carbonyl (C=O) groups is 1. The van der Waals surface area contributed by atoms with Crippen LogP contribution < -0.4 is 10.1 Å². The van der Waals surface area contributed by atoms with Crippen LogP contribution in [-0.2, 0) is 4.74 Å². The minimum absolute atomic E-state index is 0.00905. The highest BCUT2D eigenvalue weighted by Crippen LogP contribution is 2.30. The molecule has 1 unspecified atom stereocenters. The zero-order valence-corrected chi connectivity index (χ0v) is 13.8. The highest BCUT2D eigenvalue weighted by Gasteiger charge is 2.14. The van der Waals surface area contributed by atoms with Gasteiger partial charge in [-0.3, -0.25) is 4.79 Å². The molecule has 1 amide bonds. The fraction of sp³-hybridized carbons (Fsp3) is 0.316. The lowest BCUT2D eigenvalue weighted by atomic mass is 10.0. The molecule has 0 radical (unpaired) electrons. The second kappa shape index (κ2) is 8.34. The molecule has 23 heavy (non-hydrogen) atoms. The zero-order chi connectivity index (χ0) is 16.7. The number of ether oxygens (including phenoxy) is 2. The van der Waals surface area contributed by atoms with Crippen LogP contribution in [0.1, 0.15) is 23.7 Å². The SMILES string of the molecule is CCC(COC)NC(=O)c1ccc(OC)c(-c2ccccc2)c1. The summed E-state index contributed by atoms with van der Waals surface area (Å²) in [6.45, 7) is 2.53. The number of methoxy groups -OCH3 is 2. The van der Waals surface area contributed by atoms with Crippen LogP contribution in [-0.4, -0.2) is 32.8 Å². The fourth-order valence-corrected chi connectivity index (χ4v) is 2.42. The first kappa shape index (κ1) is 17.0. The summed E-state index contributed by atoms with van der Waals surface area (Å²) in [5.74, 6) is 0.644. The Labute approximate surface area is 137 Å². The van der Waals surface area contributed by atoms with Gasteiger partial charge >= 0.3 is 0 Å². The van der Waals surface area contributed by atoms with Gasteiger partial charge in [0.2, 0.25) is 0 Å². The van der Waals surface area contributed by atoms with Gasteiger partial charge in [-0.1, -0.05) is 37.3 Å². The highest BCUT2D eigenvalue weighted by atomic mass is 16.5. The summed E-state index contributed by atoms with van der Waals surface area (Å²) in [5.41, 5.74) is 2.53. The minimum Gasteiger partial charge on any atom is -0.496 e. The Balaban J connectivity index is 2.29. The van der Waals surface area contributed by atoms with Crippen molar-refractivity contribution in [2.75, 3.05) is 20.8 Å². The number of hydrogen-bond donors (Lipinski definition) is 1. The summed E-state index contributed by atoms with van der Waals surface area (Å²) in [4.78, 5) is 12.5. The third-order valence-electron chi connectivity index (χ3n) is 3.74. The smallest absolute Gasteiger partial charge is 0.251 e. The van der Waals surface area contributed by atoms with Crippen LogP contribution in [0.25, 0.3) is 11.1 Å². The quantitative estimate of drug-likeness (QED) is 0.851. The van der Waals surface area contributed by atoms with Gasteiger partial charge < -0.3 is 14.8 Å². The van der Waals surface area contributed by atoms with Crippen molar-refractivity contribution < 1.29 is 14.3 Å². The number of nitrogens with one attached hydrogen (secondary N) is 1. The van der Waals surface area contributed by atoms with Crippen molar-refractivity contribution in [2.45, 2.75) is 19.4 Å². The second-order valence-corrected chi connectivity index (χ2v) is 5.32. The molecule has 4 heteroatoms. The first-order chi connectivity index (χ1) is 11.2. The van der Waals surface area contributed by atoms with E-state index in [9.17, 15) is 4.79 Å². The van der Waals surface area contributed by atoms with Crippen LogP contribution in [0.5, 0.6) is 5.75 Å². The van der Waals surface area contributed by atoms with Crippen molar-refractivity contribution in [1.29, 1.82) is 0 Å². The summed E-state index contributed by atoms with van der Waals surface area (Å²) in [6, 6.07) is 15.4. The van der Waals surface area contributed by atoms with Crippen molar-refractivity contribution >= 4 is 5.91 Å². The molecule has 1 N–H and O–H groups in total. The van der Waals surface area contributed by atoms with E-state index in [1.165, 1.54) is 0 Å². The number of hydrogen-bond acceptors (Lipinski definition) is 3. The van der Waals surface area contributed by atoms with Gasteiger partial charge in [-0.05, 0) is 30.2 Å². The van der Waals surface area contributed by atoms with Crippen molar-refractivity contribution in [3.63, 3.8) is 0 Å². The first-order valence-corrected chi connectivity index (χ1v) is 7.72. The summed E-state index contributed by atoms with van der Waals surface area (Å²) in [5, 5.41) is 3.00. The Morgan fingerprint density at radius 3 is 2.48 bits per heavy atom. The van der Waals surface area contributed by atoms with E-state index >= 15 is 0 Å². The molecular formula is C19H23NO3. The Kier molecular flexibility index (Phi) is 6.18. The monoisotopic (exact) mass is 313 g/mol. The van der Waals surface area contributed by atoms with E-state index in [1.807, 2.05) is 49.4 Å². The van der Waals surface area contributed by atoms with Crippen molar-refractivity contribution in [1.82, 2.24) is 5.32 Å². The molecule has 4 nitrogen and oxygen atoms in total. The molecule has 0 aliphatic rings. The summed E-state index contributed by atoms with van der Waals surface area (Å²) >= 11 is 0. The lowest BCUT2D eigenvalue weighted by Gasteiger charge is -2.17. The summed E-state index contributed by atoms with van der Waals surface area (Å²) in [6.07, 6.45) is 0.821. The molecule has 2 aromatic carbocycles. The van der Waals surface area contributed by atoms with E-state index in [4.69, 9.17) is 9.47 Å². The van der Waals surface area contributed by atoms with Crippen LogP contribution in [0.4, 0.5) is 0 Å². The molecule has 122 valence electrons. The van der Waals surface area contributed by atoms with Crippen molar-refractivity contribution in [2.24, 2.45) is 0 Å². The molecule has 0 aromatic heterocycles. The van der Waals surface area contributed by atoms with E-state index in [2.05, 4.69) is 5.32 Å². The first-order valence-electron chi connectivity index (χ1n) is 7.72. The number of carbonyl (C=O) groups excluding carboxylic acids is 1. The van der Waals surface area contributed by atoms with E-state index in [0.29, 0.717) is 12.2 Å². The molecule has 2 aromatic rings. The number of benzene rings is 2. The summed E-state index contributed by atoms with van der Waals surface area (Å²) < 4.78 is 10.6. The summed E-state index contributed by atoms with van der Waals surface area (Å²) in [7, 11) is 3.27. The van der Waals surface area contributed by atoms with Crippen LogP contribution in [0, 0.1) is 0 Å². The van der Waals surface area contributed by atoms with Crippen molar-refractivity contribution in [3.8, 4) is 16.9 Å².